The number of methoxy groups -OCH3 is 1. The van der Waals surface area contributed by atoms with Crippen LogP contribution in [0.1, 0.15) is 23.7 Å². The predicted molar refractivity (Wildman–Crippen MR) is 77.7 cm³/mol. The predicted octanol–water partition coefficient (Wildman–Crippen LogP) is 4.01. The van der Waals surface area contributed by atoms with Crippen LogP contribution in [0.2, 0.25) is 5.02 Å². The SMILES string of the molecule is COc1ccc(Cl)cc1C(O)CCc1ccccc1. The summed E-state index contributed by atoms with van der Waals surface area (Å²) in [5.74, 6) is 0.671. The van der Waals surface area contributed by atoms with Crippen molar-refractivity contribution in [2.45, 2.75) is 18.9 Å². The molecule has 0 spiro atoms. The average Bonchev–Trinajstić information content (AvgIpc) is 2.46. The molecule has 0 radical (unpaired) electrons. The summed E-state index contributed by atoms with van der Waals surface area (Å²) in [5.41, 5.74) is 1.95. The molecule has 2 nitrogen and oxygen atoms in total. The fourth-order valence-electron chi connectivity index (χ4n) is 2.07. The van der Waals surface area contributed by atoms with Gasteiger partial charge >= 0.3 is 0 Å². The first-order valence-corrected chi connectivity index (χ1v) is 6.64. The molecule has 3 heteroatoms. The first kappa shape index (κ1) is 13.9. The topological polar surface area (TPSA) is 29.5 Å². The molecule has 0 aliphatic heterocycles. The minimum Gasteiger partial charge on any atom is -0.496 e. The molecule has 19 heavy (non-hydrogen) atoms. The van der Waals surface area contributed by atoms with E-state index < -0.39 is 6.10 Å². The summed E-state index contributed by atoms with van der Waals surface area (Å²) < 4.78 is 5.25. The van der Waals surface area contributed by atoms with Crippen LogP contribution in [-0.4, -0.2) is 12.2 Å². The Labute approximate surface area is 118 Å². The van der Waals surface area contributed by atoms with Gasteiger partial charge in [-0.2, -0.15) is 0 Å². The number of aliphatic hydroxyl groups is 1. The molecule has 1 unspecified atom stereocenters. The van der Waals surface area contributed by atoms with Crippen molar-refractivity contribution in [3.8, 4) is 5.75 Å². The third-order valence-electron chi connectivity index (χ3n) is 3.10. The zero-order valence-corrected chi connectivity index (χ0v) is 11.6. The second-order valence-corrected chi connectivity index (χ2v) is 4.86. The molecule has 2 rings (SSSR count). The number of rotatable bonds is 5. The van der Waals surface area contributed by atoms with Gasteiger partial charge in [-0.3, -0.25) is 0 Å². The highest BCUT2D eigenvalue weighted by Gasteiger charge is 2.13. The Hall–Kier alpha value is -1.51. The quantitative estimate of drug-likeness (QED) is 0.894. The van der Waals surface area contributed by atoms with Crippen LogP contribution < -0.4 is 4.74 Å². The van der Waals surface area contributed by atoms with E-state index in [0.717, 1.165) is 12.0 Å². The van der Waals surface area contributed by atoms with Gasteiger partial charge in [-0.15, -0.1) is 0 Å². The van der Waals surface area contributed by atoms with Crippen molar-refractivity contribution >= 4 is 11.6 Å². The second kappa shape index (κ2) is 6.60. The van der Waals surface area contributed by atoms with Gasteiger partial charge < -0.3 is 9.84 Å². The first-order chi connectivity index (χ1) is 9.20. The normalized spacial score (nSPS) is 12.2. The van der Waals surface area contributed by atoms with E-state index in [1.165, 1.54) is 5.56 Å². The molecule has 2 aromatic rings. The van der Waals surface area contributed by atoms with Crippen LogP contribution in [0.15, 0.2) is 48.5 Å². The van der Waals surface area contributed by atoms with E-state index in [1.807, 2.05) is 18.2 Å². The summed E-state index contributed by atoms with van der Waals surface area (Å²) in [7, 11) is 1.59. The van der Waals surface area contributed by atoms with E-state index in [4.69, 9.17) is 16.3 Å². The highest BCUT2D eigenvalue weighted by atomic mass is 35.5. The van der Waals surface area contributed by atoms with Gasteiger partial charge in [0.15, 0.2) is 0 Å². The smallest absolute Gasteiger partial charge is 0.124 e. The number of hydrogen-bond donors (Lipinski definition) is 1. The molecule has 0 aliphatic carbocycles. The summed E-state index contributed by atoms with van der Waals surface area (Å²) in [4.78, 5) is 0. The van der Waals surface area contributed by atoms with Crippen molar-refractivity contribution < 1.29 is 9.84 Å². The Bertz CT molecular complexity index is 526. The Balaban J connectivity index is 2.07. The molecule has 0 saturated carbocycles. The molecule has 2 aromatic carbocycles. The lowest BCUT2D eigenvalue weighted by Crippen LogP contribution is -2.02. The van der Waals surface area contributed by atoms with Gasteiger partial charge in [0, 0.05) is 10.6 Å². The zero-order chi connectivity index (χ0) is 13.7. The van der Waals surface area contributed by atoms with Crippen LogP contribution >= 0.6 is 11.6 Å². The van der Waals surface area contributed by atoms with E-state index in [2.05, 4.69) is 12.1 Å². The Morgan fingerprint density at radius 1 is 1.16 bits per heavy atom. The molecule has 0 bridgehead atoms. The van der Waals surface area contributed by atoms with Crippen LogP contribution in [-0.2, 0) is 6.42 Å². The lowest BCUT2D eigenvalue weighted by molar-refractivity contribution is 0.163. The van der Waals surface area contributed by atoms with Crippen molar-refractivity contribution in [3.63, 3.8) is 0 Å². The Morgan fingerprint density at radius 2 is 1.89 bits per heavy atom. The van der Waals surface area contributed by atoms with E-state index in [1.54, 1.807) is 25.3 Å². The summed E-state index contributed by atoms with van der Waals surface area (Å²) in [5, 5.41) is 10.9. The largest absolute Gasteiger partial charge is 0.496 e. The third-order valence-corrected chi connectivity index (χ3v) is 3.34. The molecule has 0 amide bonds. The number of ether oxygens (including phenoxy) is 1. The van der Waals surface area contributed by atoms with Crippen LogP contribution in [0.4, 0.5) is 0 Å². The molecule has 1 atom stereocenters. The maximum atomic E-state index is 10.3. The lowest BCUT2D eigenvalue weighted by Gasteiger charge is -2.15. The van der Waals surface area contributed by atoms with Crippen molar-refractivity contribution in [2.24, 2.45) is 0 Å². The molecule has 100 valence electrons. The third kappa shape index (κ3) is 3.72. The monoisotopic (exact) mass is 276 g/mol. The lowest BCUT2D eigenvalue weighted by atomic mass is 10.0. The molecule has 0 fully saturated rings. The number of halogens is 1. The molecule has 0 aromatic heterocycles. The van der Waals surface area contributed by atoms with Crippen LogP contribution in [0.5, 0.6) is 5.75 Å². The first-order valence-electron chi connectivity index (χ1n) is 6.26. The molecular weight excluding hydrogens is 260 g/mol. The number of aliphatic hydroxyl groups excluding tert-OH is 1. The summed E-state index contributed by atoms with van der Waals surface area (Å²) in [6, 6.07) is 15.4. The van der Waals surface area contributed by atoms with Gasteiger partial charge in [-0.1, -0.05) is 41.9 Å². The van der Waals surface area contributed by atoms with Gasteiger partial charge in [0.25, 0.3) is 0 Å². The number of aryl methyl sites for hydroxylation is 1. The van der Waals surface area contributed by atoms with Crippen LogP contribution in [0.25, 0.3) is 0 Å². The van der Waals surface area contributed by atoms with Crippen LogP contribution in [0.3, 0.4) is 0 Å². The van der Waals surface area contributed by atoms with Crippen molar-refractivity contribution in [3.05, 3.63) is 64.7 Å². The summed E-state index contributed by atoms with van der Waals surface area (Å²) in [6.07, 6.45) is 0.882. The molecule has 0 heterocycles. The van der Waals surface area contributed by atoms with E-state index in [-0.39, 0.29) is 0 Å². The zero-order valence-electron chi connectivity index (χ0n) is 10.8. The minimum absolute atomic E-state index is 0.575. The average molecular weight is 277 g/mol. The Kier molecular flexibility index (Phi) is 4.83. The second-order valence-electron chi connectivity index (χ2n) is 4.43. The van der Waals surface area contributed by atoms with E-state index >= 15 is 0 Å². The Morgan fingerprint density at radius 3 is 2.58 bits per heavy atom. The van der Waals surface area contributed by atoms with Gasteiger partial charge in [0.2, 0.25) is 0 Å². The standard InChI is InChI=1S/C16H17ClO2/c1-19-16-10-8-13(17)11-14(16)15(18)9-7-12-5-3-2-4-6-12/h2-6,8,10-11,15,18H,7,9H2,1H3. The molecule has 0 aliphatic rings. The molecule has 1 N–H and O–H groups in total. The molecular formula is C16H17ClO2. The van der Waals surface area contributed by atoms with Gasteiger partial charge in [-0.25, -0.2) is 0 Å². The highest BCUT2D eigenvalue weighted by Crippen LogP contribution is 2.30. The minimum atomic E-state index is -0.575. The van der Waals surface area contributed by atoms with E-state index in [9.17, 15) is 5.11 Å². The van der Waals surface area contributed by atoms with E-state index in [0.29, 0.717) is 17.2 Å². The molecule has 0 saturated heterocycles. The van der Waals surface area contributed by atoms with Crippen molar-refractivity contribution in [2.75, 3.05) is 7.11 Å². The van der Waals surface area contributed by atoms with Gasteiger partial charge in [0.05, 0.1) is 13.2 Å². The van der Waals surface area contributed by atoms with Gasteiger partial charge in [0.1, 0.15) is 5.75 Å². The number of benzene rings is 2. The summed E-state index contributed by atoms with van der Waals surface area (Å²) in [6.45, 7) is 0. The van der Waals surface area contributed by atoms with Gasteiger partial charge in [-0.05, 0) is 36.6 Å². The number of hydrogen-bond acceptors (Lipinski definition) is 2. The highest BCUT2D eigenvalue weighted by molar-refractivity contribution is 6.30. The van der Waals surface area contributed by atoms with Crippen LogP contribution in [0, 0.1) is 0 Å². The fourth-order valence-corrected chi connectivity index (χ4v) is 2.25. The maximum Gasteiger partial charge on any atom is 0.124 e. The fraction of sp³-hybridized carbons (Fsp3) is 0.250. The van der Waals surface area contributed by atoms with Crippen molar-refractivity contribution in [1.82, 2.24) is 0 Å². The maximum absolute atomic E-state index is 10.3. The summed E-state index contributed by atoms with van der Waals surface area (Å²) >= 11 is 5.97. The van der Waals surface area contributed by atoms with Crippen molar-refractivity contribution in [1.29, 1.82) is 0 Å².